The van der Waals surface area contributed by atoms with Gasteiger partial charge in [-0.15, -0.1) is 0 Å². The molecule has 1 saturated carbocycles. The zero-order chi connectivity index (χ0) is 20.5. The van der Waals surface area contributed by atoms with Gasteiger partial charge in [0.25, 0.3) is 0 Å². The zero-order valence-corrected chi connectivity index (χ0v) is 16.2. The first-order valence-corrected chi connectivity index (χ1v) is 9.95. The minimum Gasteiger partial charge on any atom is -0.326 e. The number of hydrogen-bond acceptors (Lipinski definition) is 5. The molecule has 0 radical (unpaired) electrons. The second kappa shape index (κ2) is 7.55. The van der Waals surface area contributed by atoms with Gasteiger partial charge >= 0.3 is 0 Å². The van der Waals surface area contributed by atoms with E-state index in [9.17, 15) is 9.59 Å². The molecule has 0 unspecified atom stereocenters. The van der Waals surface area contributed by atoms with Gasteiger partial charge < -0.3 is 5.32 Å². The quantitative estimate of drug-likeness (QED) is 0.517. The first-order valence-electron chi connectivity index (χ1n) is 9.95. The molecule has 0 aliphatic heterocycles. The van der Waals surface area contributed by atoms with Gasteiger partial charge in [0.2, 0.25) is 11.3 Å². The monoisotopic (exact) mass is 400 g/mol. The molecule has 1 aliphatic carbocycles. The lowest BCUT2D eigenvalue weighted by Gasteiger charge is -2.09. The minimum atomic E-state index is -0.124. The van der Waals surface area contributed by atoms with E-state index < -0.39 is 0 Å². The fraction of sp³-hybridized carbons (Fsp3) is 0.227. The minimum absolute atomic E-state index is 0.123. The molecular formula is C22H20N6O2. The summed E-state index contributed by atoms with van der Waals surface area (Å²) in [4.78, 5) is 28.8. The number of aromatic nitrogens is 5. The highest BCUT2D eigenvalue weighted by atomic mass is 16.1. The molecule has 2 aromatic heterocycles. The normalized spacial score (nSPS) is 13.5. The topological polar surface area (TPSA) is 106 Å². The number of aryl methyl sites for hydroxylation is 1. The van der Waals surface area contributed by atoms with Crippen molar-refractivity contribution in [2.45, 2.75) is 31.7 Å². The number of rotatable bonds is 6. The standard InChI is InChI=1S/C22H20N6O2/c29-19-13-23-28(18-4-2-1-3-17(18)19)12-11-20(30)24-16-9-7-15(8-10-16)22-25-21(26-27-22)14-5-6-14/h1-4,7-10,13-14H,5-6,11-12H2,(H,24,30)(H,25,26,27). The van der Waals surface area contributed by atoms with Crippen molar-refractivity contribution in [3.63, 3.8) is 0 Å². The molecule has 0 spiro atoms. The van der Waals surface area contributed by atoms with Crippen LogP contribution >= 0.6 is 0 Å². The number of benzene rings is 2. The molecule has 5 rings (SSSR count). The van der Waals surface area contributed by atoms with Crippen molar-refractivity contribution in [3.8, 4) is 11.4 Å². The summed E-state index contributed by atoms with van der Waals surface area (Å²) in [7, 11) is 0. The fourth-order valence-corrected chi connectivity index (χ4v) is 3.42. The van der Waals surface area contributed by atoms with E-state index >= 15 is 0 Å². The summed E-state index contributed by atoms with van der Waals surface area (Å²) < 4.78 is 1.68. The average Bonchev–Trinajstić information content (AvgIpc) is 3.51. The SMILES string of the molecule is O=C(CCn1ncc(=O)c2ccccc21)Nc1ccc(-c2n[nH]c(C3CC3)n2)cc1. The third-order valence-electron chi connectivity index (χ3n) is 5.21. The molecule has 30 heavy (non-hydrogen) atoms. The van der Waals surface area contributed by atoms with E-state index in [1.807, 2.05) is 42.5 Å². The van der Waals surface area contributed by atoms with E-state index in [-0.39, 0.29) is 17.8 Å². The maximum Gasteiger partial charge on any atom is 0.226 e. The Morgan fingerprint density at radius 1 is 1.13 bits per heavy atom. The van der Waals surface area contributed by atoms with Crippen LogP contribution in [0.25, 0.3) is 22.3 Å². The lowest BCUT2D eigenvalue weighted by molar-refractivity contribution is -0.116. The molecule has 1 amide bonds. The lowest BCUT2D eigenvalue weighted by Crippen LogP contribution is -2.18. The summed E-state index contributed by atoms with van der Waals surface area (Å²) in [5.74, 6) is 2.03. The van der Waals surface area contributed by atoms with Crippen molar-refractivity contribution in [1.29, 1.82) is 0 Å². The van der Waals surface area contributed by atoms with Gasteiger partial charge in [-0.25, -0.2) is 4.98 Å². The Morgan fingerprint density at radius 2 is 1.93 bits per heavy atom. The molecular weight excluding hydrogens is 380 g/mol. The van der Waals surface area contributed by atoms with Crippen LogP contribution in [0.3, 0.4) is 0 Å². The van der Waals surface area contributed by atoms with Crippen molar-refractivity contribution in [3.05, 3.63) is 70.8 Å². The number of nitrogens with zero attached hydrogens (tertiary/aromatic N) is 4. The van der Waals surface area contributed by atoms with Crippen LogP contribution in [0.2, 0.25) is 0 Å². The van der Waals surface area contributed by atoms with Crippen LogP contribution in [0.5, 0.6) is 0 Å². The van der Waals surface area contributed by atoms with Gasteiger partial charge in [0.05, 0.1) is 18.3 Å². The number of H-pyrrole nitrogens is 1. The third-order valence-corrected chi connectivity index (χ3v) is 5.21. The summed E-state index contributed by atoms with van der Waals surface area (Å²) in [6.45, 7) is 0.381. The predicted molar refractivity (Wildman–Crippen MR) is 113 cm³/mol. The second-order valence-corrected chi connectivity index (χ2v) is 7.44. The third kappa shape index (κ3) is 3.71. The molecule has 2 N–H and O–H groups in total. The Bertz CT molecular complexity index is 1270. The molecule has 1 fully saturated rings. The number of para-hydroxylation sites is 1. The van der Waals surface area contributed by atoms with Crippen LogP contribution in [0.1, 0.15) is 31.0 Å². The maximum absolute atomic E-state index is 12.4. The van der Waals surface area contributed by atoms with Crippen LogP contribution in [-0.4, -0.2) is 30.9 Å². The molecule has 2 heterocycles. The van der Waals surface area contributed by atoms with Crippen molar-refractivity contribution < 1.29 is 4.79 Å². The van der Waals surface area contributed by atoms with Crippen LogP contribution < -0.4 is 10.7 Å². The molecule has 0 atom stereocenters. The molecule has 0 saturated heterocycles. The molecule has 4 aromatic rings. The van der Waals surface area contributed by atoms with Crippen molar-refractivity contribution in [1.82, 2.24) is 25.0 Å². The van der Waals surface area contributed by atoms with Gasteiger partial charge in [0.1, 0.15) is 5.82 Å². The smallest absolute Gasteiger partial charge is 0.226 e. The summed E-state index contributed by atoms with van der Waals surface area (Å²) in [5, 5.41) is 14.9. The molecule has 1 aliphatic rings. The fourth-order valence-electron chi connectivity index (χ4n) is 3.42. The first kappa shape index (κ1) is 18.2. The second-order valence-electron chi connectivity index (χ2n) is 7.44. The van der Waals surface area contributed by atoms with Crippen LogP contribution in [0.15, 0.2) is 59.5 Å². The molecule has 8 heteroatoms. The first-order chi connectivity index (χ1) is 14.7. The average molecular weight is 400 g/mol. The van der Waals surface area contributed by atoms with Crippen molar-refractivity contribution in [2.75, 3.05) is 5.32 Å². The van der Waals surface area contributed by atoms with Gasteiger partial charge in [-0.1, -0.05) is 12.1 Å². The number of anilines is 1. The van der Waals surface area contributed by atoms with Crippen LogP contribution in [0.4, 0.5) is 5.69 Å². The van der Waals surface area contributed by atoms with Gasteiger partial charge in [-0.3, -0.25) is 19.4 Å². The van der Waals surface area contributed by atoms with Crippen molar-refractivity contribution in [2.24, 2.45) is 0 Å². The number of carbonyl (C=O) groups excluding carboxylic acids is 1. The summed E-state index contributed by atoms with van der Waals surface area (Å²) in [6.07, 6.45) is 3.87. The lowest BCUT2D eigenvalue weighted by atomic mass is 10.2. The predicted octanol–water partition coefficient (Wildman–Crippen LogP) is 3.09. The number of nitrogens with one attached hydrogen (secondary N) is 2. The van der Waals surface area contributed by atoms with Gasteiger partial charge in [0.15, 0.2) is 5.82 Å². The van der Waals surface area contributed by atoms with Crippen molar-refractivity contribution >= 4 is 22.5 Å². The Kier molecular flexibility index (Phi) is 4.59. The molecule has 150 valence electrons. The van der Waals surface area contributed by atoms with E-state index in [1.54, 1.807) is 10.7 Å². The molecule has 0 bridgehead atoms. The van der Waals surface area contributed by atoms with E-state index in [2.05, 4.69) is 25.6 Å². The van der Waals surface area contributed by atoms with E-state index in [4.69, 9.17) is 0 Å². The number of carbonyl (C=O) groups is 1. The zero-order valence-electron chi connectivity index (χ0n) is 16.2. The summed E-state index contributed by atoms with van der Waals surface area (Å²) in [6, 6.07) is 14.7. The number of fused-ring (bicyclic) bond motifs is 1. The van der Waals surface area contributed by atoms with E-state index in [0.717, 1.165) is 16.9 Å². The highest BCUT2D eigenvalue weighted by Crippen LogP contribution is 2.38. The highest BCUT2D eigenvalue weighted by Gasteiger charge is 2.27. The Morgan fingerprint density at radius 3 is 2.73 bits per heavy atom. The molecule has 2 aromatic carbocycles. The molecule has 8 nitrogen and oxygen atoms in total. The number of aromatic amines is 1. The largest absolute Gasteiger partial charge is 0.326 e. The van der Waals surface area contributed by atoms with Gasteiger partial charge in [-0.05, 0) is 49.2 Å². The summed E-state index contributed by atoms with van der Waals surface area (Å²) in [5.41, 5.74) is 2.21. The van der Waals surface area contributed by atoms with E-state index in [0.29, 0.717) is 29.4 Å². The van der Waals surface area contributed by atoms with Gasteiger partial charge in [-0.2, -0.15) is 10.2 Å². The van der Waals surface area contributed by atoms with Gasteiger partial charge in [0, 0.05) is 29.0 Å². The van der Waals surface area contributed by atoms with Crippen LogP contribution in [0, 0.1) is 0 Å². The highest BCUT2D eigenvalue weighted by molar-refractivity contribution is 5.91. The summed E-state index contributed by atoms with van der Waals surface area (Å²) >= 11 is 0. The number of amides is 1. The number of hydrogen-bond donors (Lipinski definition) is 2. The maximum atomic E-state index is 12.4. The van der Waals surface area contributed by atoms with Crippen LogP contribution in [-0.2, 0) is 11.3 Å². The Hall–Kier alpha value is -3.81. The Labute approximate surface area is 172 Å². The Balaban J connectivity index is 1.22. The van der Waals surface area contributed by atoms with E-state index in [1.165, 1.54) is 19.0 Å².